The molecule has 11 unspecified atom stereocenters. The smallest absolute Gasteiger partial charge is 0.0870 e. The van der Waals surface area contributed by atoms with E-state index >= 15 is 0 Å². The van der Waals surface area contributed by atoms with Gasteiger partial charge >= 0.3 is 0 Å². The van der Waals surface area contributed by atoms with Gasteiger partial charge in [0.1, 0.15) is 0 Å². The van der Waals surface area contributed by atoms with Crippen LogP contribution < -0.4 is 17.2 Å². The van der Waals surface area contributed by atoms with Crippen molar-refractivity contribution in [1.82, 2.24) is 0 Å². The van der Waals surface area contributed by atoms with Crippen molar-refractivity contribution in [3.63, 3.8) is 0 Å². The summed E-state index contributed by atoms with van der Waals surface area (Å²) >= 11 is 0. The Balaban J connectivity index is 0.000000122. The van der Waals surface area contributed by atoms with E-state index in [2.05, 4.69) is 68.0 Å². The number of aliphatic hydroxyl groups excluding tert-OH is 6. The Labute approximate surface area is 423 Å². The van der Waals surface area contributed by atoms with Gasteiger partial charge in [-0.1, -0.05) is 83.4 Å². The van der Waals surface area contributed by atoms with E-state index in [0.717, 1.165) is 77.0 Å². The zero-order valence-corrected chi connectivity index (χ0v) is 45.1. The molecule has 0 amide bonds. The number of hydrogen-bond acceptors (Lipinski definition) is 9. The van der Waals surface area contributed by atoms with Gasteiger partial charge in [-0.3, -0.25) is 0 Å². The lowest BCUT2D eigenvalue weighted by atomic mass is 9.43. The lowest BCUT2D eigenvalue weighted by molar-refractivity contribution is -0.210. The molecule has 12 aliphatic carbocycles. The molecule has 25 atom stereocenters. The summed E-state index contributed by atoms with van der Waals surface area (Å²) in [5.41, 5.74) is 25.8. The first kappa shape index (κ1) is 52.3. The molecule has 10 fully saturated rings. The van der Waals surface area contributed by atoms with Crippen LogP contribution in [0.4, 0.5) is 0 Å². The van der Waals surface area contributed by atoms with Gasteiger partial charge in [0.05, 0.1) is 36.6 Å². The molecule has 0 aromatic rings. The molecule has 0 radical (unpaired) electrons. The summed E-state index contributed by atoms with van der Waals surface area (Å²) in [7, 11) is 0. The second-order valence-corrected chi connectivity index (χ2v) is 28.9. The Morgan fingerprint density at radius 3 is 1.37 bits per heavy atom. The Morgan fingerprint density at radius 1 is 0.443 bits per heavy atom. The van der Waals surface area contributed by atoms with Crippen LogP contribution in [0.25, 0.3) is 0 Å². The average molecular weight is 972 g/mol. The predicted molar refractivity (Wildman–Crippen MR) is 280 cm³/mol. The van der Waals surface area contributed by atoms with Crippen molar-refractivity contribution >= 4 is 0 Å². The van der Waals surface area contributed by atoms with Crippen molar-refractivity contribution in [1.29, 1.82) is 0 Å². The van der Waals surface area contributed by atoms with Crippen molar-refractivity contribution in [2.45, 2.75) is 245 Å². The minimum atomic E-state index is -0.608. The SMILES string of the molecule is C/C=C1/CCC2C3C(CC[C@]12C)[C@@]1(C)CC[C@H](N)CC1[C@@H](O)[C@@H]3O.C=C1CCC2C3C(CC[C@]12C)[C@@]1(C)CC[C@H](N)CC1[C@@H](O)[C@@H]3O.CC1(C)CCC2=C1CCC1C2[C@@H](O)[C@H](O)C2C[C@@H](N)CC[C@]12C. The van der Waals surface area contributed by atoms with Gasteiger partial charge in [-0.15, -0.1) is 0 Å². The number of allylic oxidation sites excluding steroid dienone is 4. The van der Waals surface area contributed by atoms with Crippen LogP contribution in [0.15, 0.2) is 34.9 Å². The minimum absolute atomic E-state index is 0.143. The highest BCUT2D eigenvalue weighted by atomic mass is 16.3. The minimum Gasteiger partial charge on any atom is -0.390 e. The number of fused-ring (bicyclic) bond motifs is 14. The predicted octanol–water partition coefficient (Wildman–Crippen LogP) is 9.10. The molecule has 0 aromatic carbocycles. The van der Waals surface area contributed by atoms with E-state index in [1.807, 2.05) is 0 Å². The second kappa shape index (κ2) is 18.3. The van der Waals surface area contributed by atoms with Gasteiger partial charge in [0.2, 0.25) is 0 Å². The van der Waals surface area contributed by atoms with Gasteiger partial charge in [-0.25, -0.2) is 0 Å². The van der Waals surface area contributed by atoms with Gasteiger partial charge in [-0.2, -0.15) is 0 Å². The van der Waals surface area contributed by atoms with E-state index in [1.165, 1.54) is 68.9 Å². The fraction of sp³-hybridized carbons (Fsp3) is 0.902. The number of hydrogen-bond donors (Lipinski definition) is 9. The maximum Gasteiger partial charge on any atom is 0.0870 e. The van der Waals surface area contributed by atoms with Crippen LogP contribution in [-0.2, 0) is 0 Å². The van der Waals surface area contributed by atoms with Crippen LogP contribution in [0.2, 0.25) is 0 Å². The van der Waals surface area contributed by atoms with Crippen molar-refractivity contribution < 1.29 is 30.6 Å². The van der Waals surface area contributed by atoms with Crippen LogP contribution in [0, 0.1) is 97.6 Å². The molecular formula is C61H101N3O6. The van der Waals surface area contributed by atoms with Crippen molar-refractivity contribution in [3.05, 3.63) is 34.9 Å². The zero-order chi connectivity index (χ0) is 50.4. The maximum atomic E-state index is 11.1. The summed E-state index contributed by atoms with van der Waals surface area (Å²) in [5, 5.41) is 66.0. The summed E-state index contributed by atoms with van der Waals surface area (Å²) in [5.74, 6) is 3.79. The summed E-state index contributed by atoms with van der Waals surface area (Å²) in [6.45, 7) is 23.1. The molecule has 10 saturated carbocycles. The quantitative estimate of drug-likeness (QED) is 0.106. The lowest BCUT2D eigenvalue weighted by Gasteiger charge is -2.63. The highest BCUT2D eigenvalue weighted by molar-refractivity contribution is 5.35. The van der Waals surface area contributed by atoms with Gasteiger partial charge in [-0.05, 0) is 233 Å². The van der Waals surface area contributed by atoms with Gasteiger partial charge in [0, 0.05) is 24.0 Å². The standard InChI is InChI=1S/C21H35NO2.2C20H33NO2/c1-4-12-5-6-14-17-15(8-10-20(12,14)2)21(3)9-7-13(22)11-16(21)18(23)19(17)24;1-19(2)8-7-12-13(19)4-5-14-16(12)18(23)17(22)15-10-11(21)6-9-20(14,15)3;1-11-4-5-13-16-14(7-9-19(11,13)2)20(3)8-6-12(21)10-15(20)17(22)18(16)23/h4,13-19,23-24H,5-11,22H2,1-3H3;11,14-18,22-23H,4-10,21H2,1-3H3;12-18,22-23H,1,4-10,21H2,2-3H3/b12-4-;;/t13-,14?,15?,16?,17?,18+,19+,20+,21+;11-,14?,15?,16?,17+,18+,20+;12-,13?,14?,15?,16?,17+,18+,19+,20+/m000/s1. The first-order valence-corrected chi connectivity index (χ1v) is 29.3. The molecule has 9 heteroatoms. The van der Waals surface area contributed by atoms with Crippen LogP contribution >= 0.6 is 0 Å². The molecular weight excluding hydrogens is 871 g/mol. The summed E-state index contributed by atoms with van der Waals surface area (Å²) in [6.07, 6.45) is 22.0. The third-order valence-electron chi connectivity index (χ3n) is 25.9. The molecule has 9 nitrogen and oxygen atoms in total. The van der Waals surface area contributed by atoms with Gasteiger partial charge < -0.3 is 47.8 Å². The molecule has 396 valence electrons. The molecule has 12 N–H and O–H groups in total. The molecule has 0 saturated heterocycles. The van der Waals surface area contributed by atoms with Gasteiger partial charge in [0.25, 0.3) is 0 Å². The zero-order valence-electron chi connectivity index (χ0n) is 45.1. The first-order chi connectivity index (χ1) is 32.9. The highest BCUT2D eigenvalue weighted by Crippen LogP contribution is 2.70. The second-order valence-electron chi connectivity index (χ2n) is 28.9. The average Bonchev–Trinajstić information content (AvgIpc) is 3.96. The number of aliphatic hydroxyl groups is 6. The molecule has 0 aliphatic heterocycles. The summed E-state index contributed by atoms with van der Waals surface area (Å²) < 4.78 is 0. The fourth-order valence-corrected chi connectivity index (χ4v) is 21.6. The van der Waals surface area contributed by atoms with Crippen molar-refractivity contribution in [3.8, 4) is 0 Å². The molecule has 12 rings (SSSR count). The molecule has 70 heavy (non-hydrogen) atoms. The normalized spacial score (nSPS) is 56.7. The largest absolute Gasteiger partial charge is 0.390 e. The van der Waals surface area contributed by atoms with E-state index in [1.54, 1.807) is 11.1 Å². The third kappa shape index (κ3) is 7.72. The Morgan fingerprint density at radius 2 is 0.871 bits per heavy atom. The van der Waals surface area contributed by atoms with Crippen molar-refractivity contribution in [2.24, 2.45) is 115 Å². The van der Waals surface area contributed by atoms with Crippen LogP contribution in [0.1, 0.15) is 190 Å². The number of rotatable bonds is 0. The van der Waals surface area contributed by atoms with E-state index in [9.17, 15) is 30.6 Å². The monoisotopic (exact) mass is 972 g/mol. The Hall–Kier alpha value is -1.14. The Bertz CT molecular complexity index is 2060. The molecule has 0 aromatic heterocycles. The fourth-order valence-electron chi connectivity index (χ4n) is 21.6. The summed E-state index contributed by atoms with van der Waals surface area (Å²) in [6, 6.07) is 0.568. The van der Waals surface area contributed by atoms with E-state index < -0.39 is 36.6 Å². The lowest BCUT2D eigenvalue weighted by Crippen LogP contribution is -2.64. The van der Waals surface area contributed by atoms with Crippen LogP contribution in [-0.4, -0.2) is 85.4 Å². The third-order valence-corrected chi connectivity index (χ3v) is 25.9. The van der Waals surface area contributed by atoms with Gasteiger partial charge in [0.15, 0.2) is 0 Å². The highest BCUT2D eigenvalue weighted by Gasteiger charge is 2.66. The van der Waals surface area contributed by atoms with Crippen LogP contribution in [0.3, 0.4) is 0 Å². The van der Waals surface area contributed by atoms with E-state index in [0.29, 0.717) is 29.6 Å². The molecule has 0 bridgehead atoms. The first-order valence-electron chi connectivity index (χ1n) is 29.3. The van der Waals surface area contributed by atoms with E-state index in [-0.39, 0.29) is 86.1 Å². The summed E-state index contributed by atoms with van der Waals surface area (Å²) in [4.78, 5) is 0. The van der Waals surface area contributed by atoms with E-state index in [4.69, 9.17) is 17.2 Å². The maximum absolute atomic E-state index is 11.1. The Kier molecular flexibility index (Phi) is 13.7. The molecule has 0 spiro atoms. The molecule has 12 aliphatic rings. The topological polar surface area (TPSA) is 199 Å². The van der Waals surface area contributed by atoms with Crippen LogP contribution in [0.5, 0.6) is 0 Å². The molecule has 0 heterocycles. The van der Waals surface area contributed by atoms with Crippen molar-refractivity contribution in [2.75, 3.05) is 0 Å². The number of nitrogens with two attached hydrogens (primary N) is 3.